The Balaban J connectivity index is 1.61. The van der Waals surface area contributed by atoms with Gasteiger partial charge in [0.05, 0.1) is 17.2 Å². The molecule has 1 aromatic carbocycles. The third-order valence-electron chi connectivity index (χ3n) is 4.23. The molecule has 0 N–H and O–H groups in total. The quantitative estimate of drug-likeness (QED) is 0.798. The fraction of sp³-hybridized carbons (Fsp3) is 0.200. The zero-order valence-electron chi connectivity index (χ0n) is 14.2. The van der Waals surface area contributed by atoms with Gasteiger partial charge in [-0.2, -0.15) is 10.5 Å². The van der Waals surface area contributed by atoms with Gasteiger partial charge in [0, 0.05) is 38.5 Å². The Morgan fingerprint density at radius 2 is 1.88 bits per heavy atom. The number of pyridine rings is 1. The van der Waals surface area contributed by atoms with E-state index in [9.17, 15) is 10.1 Å². The number of aromatic nitrogens is 1. The number of anilines is 1. The molecular weight excluding hydrogens is 326 g/mol. The van der Waals surface area contributed by atoms with Gasteiger partial charge in [0.1, 0.15) is 11.9 Å². The van der Waals surface area contributed by atoms with Gasteiger partial charge >= 0.3 is 0 Å². The smallest absolute Gasteiger partial charge is 0.246 e. The van der Waals surface area contributed by atoms with E-state index >= 15 is 0 Å². The maximum Gasteiger partial charge on any atom is 0.246 e. The monoisotopic (exact) mass is 343 g/mol. The van der Waals surface area contributed by atoms with Crippen molar-refractivity contribution < 1.29 is 4.79 Å². The number of hydrogen-bond donors (Lipinski definition) is 0. The van der Waals surface area contributed by atoms with Crippen LogP contribution < -0.4 is 4.90 Å². The van der Waals surface area contributed by atoms with E-state index in [0.717, 1.165) is 5.56 Å². The Hall–Kier alpha value is -3.64. The van der Waals surface area contributed by atoms with E-state index in [1.807, 2.05) is 11.0 Å². The minimum Gasteiger partial charge on any atom is -0.352 e. The molecule has 128 valence electrons. The first-order valence-corrected chi connectivity index (χ1v) is 8.28. The number of nitriles is 2. The molecule has 0 spiro atoms. The molecule has 1 amide bonds. The second-order valence-corrected chi connectivity index (χ2v) is 5.87. The largest absolute Gasteiger partial charge is 0.352 e. The Morgan fingerprint density at radius 3 is 2.62 bits per heavy atom. The molecular formula is C20H17N5O. The molecule has 0 unspecified atom stereocenters. The molecule has 6 nitrogen and oxygen atoms in total. The van der Waals surface area contributed by atoms with Crippen molar-refractivity contribution in [3.8, 4) is 12.1 Å². The predicted molar refractivity (Wildman–Crippen MR) is 97.9 cm³/mol. The van der Waals surface area contributed by atoms with Gasteiger partial charge in [-0.05, 0) is 35.9 Å². The number of hydrogen-bond acceptors (Lipinski definition) is 5. The standard InChI is InChI=1S/C20H17N5O/c21-14-17-4-1-3-16(13-17)6-7-19(26)24-9-11-25(12-10-24)20-18(15-22)5-2-8-23-20/h1-8,13H,9-12H2. The highest BCUT2D eigenvalue weighted by Gasteiger charge is 2.22. The van der Waals surface area contributed by atoms with Crippen LogP contribution in [-0.2, 0) is 4.79 Å². The van der Waals surface area contributed by atoms with Crippen LogP contribution in [0.1, 0.15) is 16.7 Å². The highest BCUT2D eigenvalue weighted by atomic mass is 16.2. The average Bonchev–Trinajstić information content (AvgIpc) is 2.72. The number of rotatable bonds is 3. The zero-order chi connectivity index (χ0) is 18.4. The lowest BCUT2D eigenvalue weighted by Gasteiger charge is -2.35. The Labute approximate surface area is 152 Å². The maximum atomic E-state index is 12.4. The number of piperazine rings is 1. The highest BCUT2D eigenvalue weighted by Crippen LogP contribution is 2.18. The Kier molecular flexibility index (Phi) is 5.26. The summed E-state index contributed by atoms with van der Waals surface area (Å²) in [7, 11) is 0. The van der Waals surface area contributed by atoms with Crippen LogP contribution in [0.4, 0.5) is 5.82 Å². The molecule has 1 fully saturated rings. The molecule has 1 aliphatic rings. The molecule has 2 aromatic rings. The maximum absolute atomic E-state index is 12.4. The van der Waals surface area contributed by atoms with Crippen LogP contribution in [0.5, 0.6) is 0 Å². The summed E-state index contributed by atoms with van der Waals surface area (Å²) in [6.45, 7) is 2.41. The summed E-state index contributed by atoms with van der Waals surface area (Å²) in [5.74, 6) is 0.611. The van der Waals surface area contributed by atoms with E-state index in [1.54, 1.807) is 47.5 Å². The van der Waals surface area contributed by atoms with Crippen molar-refractivity contribution in [2.24, 2.45) is 0 Å². The summed E-state index contributed by atoms with van der Waals surface area (Å²) in [6.07, 6.45) is 4.93. The lowest BCUT2D eigenvalue weighted by atomic mass is 10.1. The Morgan fingerprint density at radius 1 is 1.08 bits per heavy atom. The molecule has 0 saturated carbocycles. The van der Waals surface area contributed by atoms with E-state index in [-0.39, 0.29) is 5.91 Å². The molecule has 1 aliphatic heterocycles. The van der Waals surface area contributed by atoms with Crippen molar-refractivity contribution >= 4 is 17.8 Å². The van der Waals surface area contributed by atoms with Gasteiger partial charge in [0.15, 0.2) is 0 Å². The molecule has 0 radical (unpaired) electrons. The van der Waals surface area contributed by atoms with Gasteiger partial charge in [0.25, 0.3) is 0 Å². The van der Waals surface area contributed by atoms with Crippen LogP contribution in [0.3, 0.4) is 0 Å². The van der Waals surface area contributed by atoms with Crippen molar-refractivity contribution in [3.05, 3.63) is 65.4 Å². The van der Waals surface area contributed by atoms with E-state index < -0.39 is 0 Å². The molecule has 26 heavy (non-hydrogen) atoms. The fourth-order valence-electron chi connectivity index (χ4n) is 2.86. The van der Waals surface area contributed by atoms with Crippen LogP contribution >= 0.6 is 0 Å². The highest BCUT2D eigenvalue weighted by molar-refractivity contribution is 5.92. The molecule has 1 saturated heterocycles. The van der Waals surface area contributed by atoms with Gasteiger partial charge in [-0.3, -0.25) is 4.79 Å². The number of carbonyl (C=O) groups is 1. The van der Waals surface area contributed by atoms with E-state index in [4.69, 9.17) is 5.26 Å². The Bertz CT molecular complexity index is 914. The third kappa shape index (κ3) is 3.88. The third-order valence-corrected chi connectivity index (χ3v) is 4.23. The van der Waals surface area contributed by atoms with Crippen molar-refractivity contribution in [2.45, 2.75) is 0 Å². The normalized spacial score (nSPS) is 14.1. The second kappa shape index (κ2) is 7.96. The van der Waals surface area contributed by atoms with Gasteiger partial charge in [-0.1, -0.05) is 12.1 Å². The topological polar surface area (TPSA) is 84.0 Å². The first kappa shape index (κ1) is 17.2. The van der Waals surface area contributed by atoms with Gasteiger partial charge < -0.3 is 9.80 Å². The van der Waals surface area contributed by atoms with Crippen molar-refractivity contribution in [2.75, 3.05) is 31.1 Å². The van der Waals surface area contributed by atoms with Gasteiger partial charge in [0.2, 0.25) is 5.91 Å². The summed E-state index contributed by atoms with van der Waals surface area (Å²) in [4.78, 5) is 20.5. The van der Waals surface area contributed by atoms with Crippen LogP contribution in [0.15, 0.2) is 48.7 Å². The number of nitrogens with zero attached hydrogens (tertiary/aromatic N) is 5. The summed E-state index contributed by atoms with van der Waals surface area (Å²) >= 11 is 0. The zero-order valence-corrected chi connectivity index (χ0v) is 14.2. The van der Waals surface area contributed by atoms with E-state index in [1.165, 1.54) is 6.08 Å². The predicted octanol–water partition coefficient (Wildman–Crippen LogP) is 2.19. The SMILES string of the molecule is N#Cc1cccc(C=CC(=O)N2CCN(c3ncccc3C#N)CC2)c1. The number of benzene rings is 1. The molecule has 1 aromatic heterocycles. The van der Waals surface area contributed by atoms with Crippen LogP contribution in [0.2, 0.25) is 0 Å². The van der Waals surface area contributed by atoms with Crippen molar-refractivity contribution in [1.29, 1.82) is 10.5 Å². The second-order valence-electron chi connectivity index (χ2n) is 5.87. The summed E-state index contributed by atoms with van der Waals surface area (Å²) < 4.78 is 0. The summed E-state index contributed by atoms with van der Waals surface area (Å²) in [5.41, 5.74) is 1.93. The molecule has 0 aliphatic carbocycles. The minimum absolute atomic E-state index is 0.0615. The first-order valence-electron chi connectivity index (χ1n) is 8.28. The molecule has 6 heteroatoms. The number of amides is 1. The van der Waals surface area contributed by atoms with Crippen molar-refractivity contribution in [3.63, 3.8) is 0 Å². The van der Waals surface area contributed by atoms with Gasteiger partial charge in [-0.15, -0.1) is 0 Å². The molecule has 2 heterocycles. The van der Waals surface area contributed by atoms with Crippen molar-refractivity contribution in [1.82, 2.24) is 9.88 Å². The fourth-order valence-corrected chi connectivity index (χ4v) is 2.86. The summed E-state index contributed by atoms with van der Waals surface area (Å²) in [6, 6.07) is 14.8. The lowest BCUT2D eigenvalue weighted by molar-refractivity contribution is -0.126. The molecule has 0 atom stereocenters. The van der Waals surface area contributed by atoms with Crippen LogP contribution in [0.25, 0.3) is 6.08 Å². The van der Waals surface area contributed by atoms with Crippen LogP contribution in [-0.4, -0.2) is 42.0 Å². The summed E-state index contributed by atoms with van der Waals surface area (Å²) in [5, 5.41) is 18.1. The van der Waals surface area contributed by atoms with Crippen LogP contribution in [0, 0.1) is 22.7 Å². The average molecular weight is 343 g/mol. The van der Waals surface area contributed by atoms with Gasteiger partial charge in [-0.25, -0.2) is 4.98 Å². The van der Waals surface area contributed by atoms with E-state index in [0.29, 0.717) is 43.1 Å². The molecule has 3 rings (SSSR count). The first-order chi connectivity index (χ1) is 12.7. The number of carbonyl (C=O) groups excluding carboxylic acids is 1. The lowest BCUT2D eigenvalue weighted by Crippen LogP contribution is -2.48. The molecule has 0 bridgehead atoms. The van der Waals surface area contributed by atoms with E-state index in [2.05, 4.69) is 17.1 Å². The minimum atomic E-state index is -0.0615.